The molecule has 0 radical (unpaired) electrons. The van der Waals surface area contributed by atoms with Gasteiger partial charge in [0.2, 0.25) is 0 Å². The number of amides is 2. The molecule has 2 N–H and O–H groups in total. The molecule has 0 unspecified atom stereocenters. The summed E-state index contributed by atoms with van der Waals surface area (Å²) >= 11 is 0. The molecule has 2 rings (SSSR count). The monoisotopic (exact) mass is 259 g/mol. The Hall–Kier alpha value is -2.14. The van der Waals surface area contributed by atoms with Crippen molar-refractivity contribution in [1.82, 2.24) is 4.90 Å². The van der Waals surface area contributed by atoms with Crippen molar-refractivity contribution in [3.8, 4) is 0 Å². The molecule has 1 fully saturated rings. The summed E-state index contributed by atoms with van der Waals surface area (Å²) in [7, 11) is 1.64. The van der Waals surface area contributed by atoms with Gasteiger partial charge < -0.3 is 15.5 Å². The topological polar surface area (TPSA) is 66.6 Å². The zero-order chi connectivity index (χ0) is 13.8. The highest BCUT2D eigenvalue weighted by Gasteiger charge is 2.31. The highest BCUT2D eigenvalue weighted by Crippen LogP contribution is 2.19. The van der Waals surface area contributed by atoms with E-state index in [-0.39, 0.29) is 0 Å². The summed E-state index contributed by atoms with van der Waals surface area (Å²) in [4.78, 5) is 26.6. The smallest absolute Gasteiger partial charge is 0.316 e. The molecule has 1 aromatic rings. The van der Waals surface area contributed by atoms with Crippen molar-refractivity contribution in [2.24, 2.45) is 5.73 Å². The summed E-state index contributed by atoms with van der Waals surface area (Å²) in [5.74, 6) is -0.942. The van der Waals surface area contributed by atoms with Crippen LogP contribution in [0.3, 0.4) is 0 Å². The van der Waals surface area contributed by atoms with Crippen LogP contribution in [0.15, 0.2) is 30.3 Å². The molecule has 1 aromatic carbocycles. The minimum absolute atomic E-state index is 0.464. The minimum atomic E-state index is -0.478. The molecule has 0 bridgehead atoms. The van der Waals surface area contributed by atoms with Gasteiger partial charge in [0, 0.05) is 32.4 Å². The second kappa shape index (κ2) is 5.67. The van der Waals surface area contributed by atoms with Crippen LogP contribution in [0.25, 0.3) is 6.08 Å². The molecule has 0 atom stereocenters. The number of piperazine rings is 1. The zero-order valence-corrected chi connectivity index (χ0v) is 10.9. The van der Waals surface area contributed by atoms with Crippen molar-refractivity contribution in [3.63, 3.8) is 0 Å². The predicted octanol–water partition coefficient (Wildman–Crippen LogP) is 0.463. The number of anilines is 1. The lowest BCUT2D eigenvalue weighted by Gasteiger charge is -2.31. The summed E-state index contributed by atoms with van der Waals surface area (Å²) in [6, 6.07) is 7.50. The van der Waals surface area contributed by atoms with E-state index in [1.807, 2.05) is 36.4 Å². The number of rotatable bonds is 3. The van der Waals surface area contributed by atoms with Crippen LogP contribution in [0.5, 0.6) is 0 Å². The number of nitrogens with two attached hydrogens (primary N) is 1. The fourth-order valence-electron chi connectivity index (χ4n) is 1.98. The van der Waals surface area contributed by atoms with Gasteiger partial charge in [-0.25, -0.2) is 0 Å². The molecule has 5 heteroatoms. The zero-order valence-electron chi connectivity index (χ0n) is 10.9. The van der Waals surface area contributed by atoms with Gasteiger partial charge in [-0.2, -0.15) is 0 Å². The third kappa shape index (κ3) is 2.82. The molecule has 0 aliphatic carbocycles. The molecule has 100 valence electrons. The number of benzene rings is 1. The van der Waals surface area contributed by atoms with E-state index in [0.29, 0.717) is 19.6 Å². The van der Waals surface area contributed by atoms with Gasteiger partial charge in [-0.15, -0.1) is 0 Å². The summed E-state index contributed by atoms with van der Waals surface area (Å²) in [5, 5.41) is 0. The summed E-state index contributed by atoms with van der Waals surface area (Å²) in [5.41, 5.74) is 7.11. The summed E-state index contributed by atoms with van der Waals surface area (Å²) in [6.07, 6.45) is 3.74. The van der Waals surface area contributed by atoms with Gasteiger partial charge in [-0.05, 0) is 17.7 Å². The fourth-order valence-corrected chi connectivity index (χ4v) is 1.98. The Morgan fingerprint density at radius 2 is 2.05 bits per heavy atom. The summed E-state index contributed by atoms with van der Waals surface area (Å²) < 4.78 is 0. The second-order valence-corrected chi connectivity index (χ2v) is 4.42. The van der Waals surface area contributed by atoms with Crippen molar-refractivity contribution in [2.75, 3.05) is 31.6 Å². The van der Waals surface area contributed by atoms with Crippen molar-refractivity contribution in [1.29, 1.82) is 0 Å². The largest absolute Gasteiger partial charge is 0.336 e. The van der Waals surface area contributed by atoms with Crippen LogP contribution in [0.4, 0.5) is 5.69 Å². The molecule has 1 aliphatic rings. The Labute approximate surface area is 112 Å². The predicted molar refractivity (Wildman–Crippen MR) is 74.5 cm³/mol. The molecular formula is C14H17N3O2. The van der Waals surface area contributed by atoms with Crippen LogP contribution in [0, 0.1) is 0 Å². The van der Waals surface area contributed by atoms with E-state index in [1.54, 1.807) is 7.05 Å². The first-order valence-corrected chi connectivity index (χ1v) is 6.17. The van der Waals surface area contributed by atoms with Gasteiger partial charge in [0.05, 0.1) is 0 Å². The van der Waals surface area contributed by atoms with Crippen LogP contribution in [-0.4, -0.2) is 43.4 Å². The van der Waals surface area contributed by atoms with E-state index in [0.717, 1.165) is 11.3 Å². The Morgan fingerprint density at radius 3 is 2.79 bits per heavy atom. The SMILES string of the molecule is CN1CCN(c2cccc(/C=C/CN)c2)C(=O)C1=O. The van der Waals surface area contributed by atoms with E-state index in [2.05, 4.69) is 0 Å². The van der Waals surface area contributed by atoms with Crippen molar-refractivity contribution < 1.29 is 9.59 Å². The number of hydrogen-bond donors (Lipinski definition) is 1. The molecule has 2 amide bonds. The molecule has 1 aliphatic heterocycles. The average Bonchev–Trinajstić information content (AvgIpc) is 2.43. The Kier molecular flexibility index (Phi) is 3.97. The number of hydrogen-bond acceptors (Lipinski definition) is 3. The van der Waals surface area contributed by atoms with Gasteiger partial charge in [0.25, 0.3) is 0 Å². The second-order valence-electron chi connectivity index (χ2n) is 4.42. The standard InChI is InChI=1S/C14H17N3O2/c1-16-8-9-17(14(19)13(16)18)12-6-2-4-11(10-12)5-3-7-15/h2-6,10H,7-9,15H2,1H3/b5-3+. The fraction of sp³-hybridized carbons (Fsp3) is 0.286. The molecule has 1 heterocycles. The average molecular weight is 259 g/mol. The number of carbonyl (C=O) groups excluding carboxylic acids is 2. The number of carbonyl (C=O) groups is 2. The quantitative estimate of drug-likeness (QED) is 0.802. The molecule has 1 saturated heterocycles. The minimum Gasteiger partial charge on any atom is -0.336 e. The van der Waals surface area contributed by atoms with Crippen LogP contribution < -0.4 is 10.6 Å². The molecular weight excluding hydrogens is 242 g/mol. The first kappa shape index (κ1) is 13.3. The number of nitrogens with zero attached hydrogens (tertiary/aromatic N) is 2. The van der Waals surface area contributed by atoms with Crippen molar-refractivity contribution >= 4 is 23.6 Å². The Balaban J connectivity index is 2.24. The lowest BCUT2D eigenvalue weighted by Crippen LogP contribution is -2.53. The first-order valence-electron chi connectivity index (χ1n) is 6.17. The molecule has 0 aromatic heterocycles. The maximum absolute atomic E-state index is 12.0. The third-order valence-electron chi connectivity index (χ3n) is 3.06. The van der Waals surface area contributed by atoms with Crippen LogP contribution in [0.1, 0.15) is 5.56 Å². The Morgan fingerprint density at radius 1 is 1.26 bits per heavy atom. The van der Waals surface area contributed by atoms with Gasteiger partial charge in [-0.1, -0.05) is 24.3 Å². The first-order chi connectivity index (χ1) is 9.13. The highest BCUT2D eigenvalue weighted by atomic mass is 16.2. The van der Waals surface area contributed by atoms with Gasteiger partial charge in [0.15, 0.2) is 0 Å². The lowest BCUT2D eigenvalue weighted by atomic mass is 10.1. The van der Waals surface area contributed by atoms with Crippen molar-refractivity contribution in [3.05, 3.63) is 35.9 Å². The van der Waals surface area contributed by atoms with E-state index in [4.69, 9.17) is 5.73 Å². The van der Waals surface area contributed by atoms with E-state index in [1.165, 1.54) is 9.80 Å². The molecule has 5 nitrogen and oxygen atoms in total. The maximum atomic E-state index is 12.0. The molecule has 19 heavy (non-hydrogen) atoms. The van der Waals surface area contributed by atoms with Crippen LogP contribution >= 0.6 is 0 Å². The van der Waals surface area contributed by atoms with Gasteiger partial charge in [0.1, 0.15) is 0 Å². The highest BCUT2D eigenvalue weighted by molar-refractivity contribution is 6.40. The maximum Gasteiger partial charge on any atom is 0.316 e. The third-order valence-corrected chi connectivity index (χ3v) is 3.06. The van der Waals surface area contributed by atoms with Crippen LogP contribution in [0.2, 0.25) is 0 Å². The lowest BCUT2D eigenvalue weighted by molar-refractivity contribution is -0.145. The number of likely N-dealkylation sites (N-methyl/N-ethyl adjacent to an activating group) is 1. The van der Waals surface area contributed by atoms with E-state index >= 15 is 0 Å². The van der Waals surface area contributed by atoms with E-state index in [9.17, 15) is 9.59 Å². The summed E-state index contributed by atoms with van der Waals surface area (Å²) in [6.45, 7) is 1.54. The van der Waals surface area contributed by atoms with E-state index < -0.39 is 11.8 Å². The van der Waals surface area contributed by atoms with Crippen LogP contribution in [-0.2, 0) is 9.59 Å². The van der Waals surface area contributed by atoms with Crippen molar-refractivity contribution in [2.45, 2.75) is 0 Å². The Bertz CT molecular complexity index is 525. The normalized spacial score (nSPS) is 16.5. The molecule has 0 spiro atoms. The van der Waals surface area contributed by atoms with Gasteiger partial charge in [-0.3, -0.25) is 9.59 Å². The molecule has 0 saturated carbocycles. The van der Waals surface area contributed by atoms with Gasteiger partial charge >= 0.3 is 11.8 Å².